The van der Waals surface area contributed by atoms with E-state index >= 15 is 0 Å². The molecule has 1 aromatic carbocycles. The first-order valence-corrected chi connectivity index (χ1v) is 8.11. The van der Waals surface area contributed by atoms with Crippen LogP contribution in [0.2, 0.25) is 0 Å². The molecular weight excluding hydrogens is 376 g/mol. The van der Waals surface area contributed by atoms with Crippen molar-refractivity contribution in [3.8, 4) is 5.75 Å². The monoisotopic (exact) mass is 392 g/mol. The van der Waals surface area contributed by atoms with E-state index in [1.165, 1.54) is 0 Å². The maximum atomic E-state index is 12.4. The fourth-order valence-corrected chi connectivity index (χ4v) is 3.37. The molecule has 126 valence electrons. The Morgan fingerprint density at radius 2 is 1.50 bits per heavy atom. The lowest BCUT2D eigenvalue weighted by atomic mass is 9.85. The van der Waals surface area contributed by atoms with Gasteiger partial charge in [-0.05, 0) is 32.0 Å². The molecule has 0 radical (unpaired) electrons. The number of benzene rings is 1. The molecule has 0 atom stereocenters. The molecule has 0 amide bonds. The number of ether oxygens (including phenoxy) is 1. The van der Waals surface area contributed by atoms with Gasteiger partial charge in [0.2, 0.25) is 0 Å². The van der Waals surface area contributed by atoms with Crippen LogP contribution in [-0.4, -0.2) is 27.5 Å². The minimum Gasteiger partial charge on any atom is -0.496 e. The zero-order chi connectivity index (χ0) is 17.4. The number of aryl methyl sites for hydroxylation is 2. The molecule has 24 heavy (non-hydrogen) atoms. The Kier molecular flexibility index (Phi) is 4.23. The molecule has 8 heteroatoms. The van der Waals surface area contributed by atoms with Crippen molar-refractivity contribution in [2.24, 2.45) is 0 Å². The summed E-state index contributed by atoms with van der Waals surface area (Å²) in [6.07, 6.45) is 0. The van der Waals surface area contributed by atoms with E-state index in [9.17, 15) is 9.59 Å². The van der Waals surface area contributed by atoms with Gasteiger partial charge in [-0.3, -0.25) is 19.8 Å². The fraction of sp³-hybridized carbons (Fsp3) is 0.250. The first-order valence-electron chi connectivity index (χ1n) is 7.31. The lowest BCUT2D eigenvalue weighted by Crippen LogP contribution is -2.20. The lowest BCUT2D eigenvalue weighted by molar-refractivity contribution is 0.409. The highest BCUT2D eigenvalue weighted by Crippen LogP contribution is 2.37. The summed E-state index contributed by atoms with van der Waals surface area (Å²) in [6.45, 7) is 3.59. The molecule has 0 aliphatic heterocycles. The van der Waals surface area contributed by atoms with Crippen molar-refractivity contribution in [2.45, 2.75) is 19.8 Å². The SMILES string of the molecule is COc1ccc(Br)cc1C(c1c(C)[nH][nH]c1=O)c1c(C)[nH][nH]c1=O. The molecule has 0 spiro atoms. The first kappa shape index (κ1) is 16.4. The number of aromatic nitrogens is 4. The summed E-state index contributed by atoms with van der Waals surface area (Å²) in [7, 11) is 1.56. The molecular formula is C16H17BrN4O3. The Morgan fingerprint density at radius 3 is 1.92 bits per heavy atom. The number of hydrogen-bond acceptors (Lipinski definition) is 3. The summed E-state index contributed by atoms with van der Waals surface area (Å²) in [5.41, 5.74) is 2.52. The van der Waals surface area contributed by atoms with Crippen molar-refractivity contribution in [3.63, 3.8) is 0 Å². The van der Waals surface area contributed by atoms with Crippen LogP contribution in [0.1, 0.15) is 34.0 Å². The number of aromatic amines is 4. The number of H-pyrrole nitrogens is 4. The normalized spacial score (nSPS) is 11.2. The fourth-order valence-electron chi connectivity index (χ4n) is 2.99. The Hall–Kier alpha value is -2.48. The maximum absolute atomic E-state index is 12.4. The molecule has 0 aliphatic rings. The van der Waals surface area contributed by atoms with Crippen molar-refractivity contribution in [1.29, 1.82) is 0 Å². The van der Waals surface area contributed by atoms with Crippen LogP contribution >= 0.6 is 15.9 Å². The van der Waals surface area contributed by atoms with Gasteiger partial charge < -0.3 is 14.9 Å². The van der Waals surface area contributed by atoms with Gasteiger partial charge in [0, 0.05) is 21.4 Å². The van der Waals surface area contributed by atoms with Gasteiger partial charge >= 0.3 is 0 Å². The Morgan fingerprint density at radius 1 is 0.958 bits per heavy atom. The van der Waals surface area contributed by atoms with E-state index in [0.717, 1.165) is 10.0 Å². The molecule has 4 N–H and O–H groups in total. The minimum absolute atomic E-state index is 0.264. The molecule has 3 aromatic rings. The Balaban J connectivity index is 2.39. The van der Waals surface area contributed by atoms with Gasteiger partial charge in [-0.1, -0.05) is 15.9 Å². The summed E-state index contributed by atoms with van der Waals surface area (Å²) >= 11 is 3.45. The standard InChI is InChI=1S/C16H17BrN4O3/c1-7-12(15(22)20-18-7)14(13-8(2)19-21-16(13)23)10-6-9(17)4-5-11(10)24-3/h4-6,14H,1-3H3,(H2,18,20,22)(H2,19,21,23). The molecule has 0 saturated carbocycles. The Bertz CT molecular complexity index is 941. The molecule has 2 heterocycles. The van der Waals surface area contributed by atoms with E-state index in [2.05, 4.69) is 36.3 Å². The zero-order valence-corrected chi connectivity index (χ0v) is 15.0. The van der Waals surface area contributed by atoms with E-state index in [0.29, 0.717) is 28.3 Å². The van der Waals surface area contributed by atoms with Crippen LogP contribution in [-0.2, 0) is 0 Å². The zero-order valence-electron chi connectivity index (χ0n) is 13.4. The summed E-state index contributed by atoms with van der Waals surface area (Å²) in [4.78, 5) is 24.8. The minimum atomic E-state index is -0.567. The van der Waals surface area contributed by atoms with Gasteiger partial charge in [-0.2, -0.15) is 0 Å². The molecule has 0 saturated heterocycles. The van der Waals surface area contributed by atoms with Gasteiger partial charge in [0.05, 0.1) is 24.2 Å². The first-order chi connectivity index (χ1) is 11.4. The number of halogens is 1. The molecule has 2 aromatic heterocycles. The van der Waals surface area contributed by atoms with E-state index in [1.807, 2.05) is 12.1 Å². The highest BCUT2D eigenvalue weighted by molar-refractivity contribution is 9.10. The van der Waals surface area contributed by atoms with Crippen LogP contribution in [0, 0.1) is 13.8 Å². The Labute approximate surface area is 145 Å². The lowest BCUT2D eigenvalue weighted by Gasteiger charge is -2.19. The number of hydrogen-bond donors (Lipinski definition) is 4. The van der Waals surface area contributed by atoms with Crippen molar-refractivity contribution in [3.05, 3.63) is 71.5 Å². The number of nitrogens with one attached hydrogen (secondary N) is 4. The average molecular weight is 393 g/mol. The third-order valence-electron chi connectivity index (χ3n) is 4.10. The van der Waals surface area contributed by atoms with Crippen molar-refractivity contribution in [1.82, 2.24) is 20.4 Å². The van der Waals surface area contributed by atoms with Gasteiger partial charge in [0.15, 0.2) is 0 Å². The molecule has 0 bridgehead atoms. The van der Waals surface area contributed by atoms with Crippen molar-refractivity contribution in [2.75, 3.05) is 7.11 Å². The number of rotatable bonds is 4. The largest absolute Gasteiger partial charge is 0.496 e. The maximum Gasteiger partial charge on any atom is 0.268 e. The van der Waals surface area contributed by atoms with Crippen molar-refractivity contribution < 1.29 is 4.74 Å². The second kappa shape index (κ2) is 6.20. The molecule has 0 aliphatic carbocycles. The predicted molar refractivity (Wildman–Crippen MR) is 93.9 cm³/mol. The highest BCUT2D eigenvalue weighted by Gasteiger charge is 2.30. The van der Waals surface area contributed by atoms with Gasteiger partial charge in [-0.15, -0.1) is 0 Å². The van der Waals surface area contributed by atoms with E-state index in [4.69, 9.17) is 4.74 Å². The summed E-state index contributed by atoms with van der Waals surface area (Å²) < 4.78 is 6.30. The van der Waals surface area contributed by atoms with Crippen molar-refractivity contribution >= 4 is 15.9 Å². The van der Waals surface area contributed by atoms with Crippen LogP contribution in [0.5, 0.6) is 5.75 Å². The van der Waals surface area contributed by atoms with Gasteiger partial charge in [0.1, 0.15) is 5.75 Å². The van der Waals surface area contributed by atoms with Crippen LogP contribution in [0.15, 0.2) is 32.3 Å². The molecule has 3 rings (SSSR count). The average Bonchev–Trinajstić information content (AvgIpc) is 3.05. The van der Waals surface area contributed by atoms with Crippen LogP contribution in [0.3, 0.4) is 0 Å². The second-order valence-corrected chi connectivity index (χ2v) is 6.47. The van der Waals surface area contributed by atoms with Gasteiger partial charge in [0.25, 0.3) is 11.1 Å². The van der Waals surface area contributed by atoms with Crippen LogP contribution in [0.4, 0.5) is 0 Å². The second-order valence-electron chi connectivity index (χ2n) is 5.55. The molecule has 7 nitrogen and oxygen atoms in total. The summed E-state index contributed by atoms with van der Waals surface area (Å²) in [5.74, 6) is 0.0330. The van der Waals surface area contributed by atoms with Crippen LogP contribution in [0.25, 0.3) is 0 Å². The molecule has 0 unspecified atom stereocenters. The third-order valence-corrected chi connectivity index (χ3v) is 4.60. The van der Waals surface area contributed by atoms with E-state index in [-0.39, 0.29) is 11.1 Å². The molecule has 0 fully saturated rings. The smallest absolute Gasteiger partial charge is 0.268 e. The predicted octanol–water partition coefficient (Wildman–Crippen LogP) is 2.29. The summed E-state index contributed by atoms with van der Waals surface area (Å²) in [5, 5.41) is 10.8. The number of methoxy groups -OCH3 is 1. The summed E-state index contributed by atoms with van der Waals surface area (Å²) in [6, 6.07) is 5.52. The van der Waals surface area contributed by atoms with E-state index in [1.54, 1.807) is 27.0 Å². The van der Waals surface area contributed by atoms with Gasteiger partial charge in [-0.25, -0.2) is 0 Å². The highest BCUT2D eigenvalue weighted by atomic mass is 79.9. The van der Waals surface area contributed by atoms with Crippen LogP contribution < -0.4 is 15.9 Å². The topological polar surface area (TPSA) is 107 Å². The third kappa shape index (κ3) is 2.62. The quantitative estimate of drug-likeness (QED) is 0.546. The van der Waals surface area contributed by atoms with E-state index < -0.39 is 5.92 Å².